The number of nitrogens with one attached hydrogen (secondary N) is 1. The van der Waals surface area contributed by atoms with E-state index in [9.17, 15) is 4.79 Å². The molecule has 0 aromatic heterocycles. The molecule has 2 aliphatic heterocycles. The Morgan fingerprint density at radius 2 is 2.04 bits per heavy atom. The van der Waals surface area contributed by atoms with E-state index in [4.69, 9.17) is 4.74 Å². The molecule has 2 fully saturated rings. The fraction of sp³-hybridized carbons (Fsp3) is 0.611. The lowest BCUT2D eigenvalue weighted by Gasteiger charge is -2.29. The van der Waals surface area contributed by atoms with Gasteiger partial charge in [0.1, 0.15) is 6.10 Å². The normalized spacial score (nSPS) is 21.6. The monoisotopic (exact) mass is 406 g/mol. The number of benzene rings is 1. The van der Waals surface area contributed by atoms with E-state index in [1.807, 2.05) is 0 Å². The van der Waals surface area contributed by atoms with Gasteiger partial charge < -0.3 is 10.1 Å². The van der Waals surface area contributed by atoms with E-state index in [0.29, 0.717) is 0 Å². The largest absolute Gasteiger partial charge is 0.461 e. The molecule has 0 bridgehead atoms. The second kappa shape index (κ2) is 10.0. The maximum atomic E-state index is 12.3. The van der Waals surface area contributed by atoms with Gasteiger partial charge in [-0.05, 0) is 56.9 Å². The van der Waals surface area contributed by atoms with Crippen LogP contribution in [0.2, 0.25) is 0 Å². The highest BCUT2D eigenvalue weighted by molar-refractivity contribution is 7.98. The lowest BCUT2D eigenvalue weighted by molar-refractivity contribution is -0.150. The summed E-state index contributed by atoms with van der Waals surface area (Å²) in [5.41, 5.74) is 1.09. The van der Waals surface area contributed by atoms with Crippen molar-refractivity contribution < 1.29 is 9.53 Å². The fourth-order valence-electron chi connectivity index (χ4n) is 3.75. The SMILES string of the molecule is CSc1cccc(CN(C)CC2CC3(CCNCC3)C(=O)O2)c1.Cl.Cl. The van der Waals surface area contributed by atoms with E-state index in [2.05, 4.69) is 47.8 Å². The van der Waals surface area contributed by atoms with Crippen molar-refractivity contribution in [1.29, 1.82) is 0 Å². The zero-order valence-corrected chi connectivity index (χ0v) is 17.3. The summed E-state index contributed by atoms with van der Waals surface area (Å²) in [5, 5.41) is 3.34. The molecule has 7 heteroatoms. The average Bonchev–Trinajstić information content (AvgIpc) is 2.83. The third-order valence-corrected chi connectivity index (χ3v) is 5.71. The molecule has 1 aromatic carbocycles. The van der Waals surface area contributed by atoms with Crippen molar-refractivity contribution in [1.82, 2.24) is 10.2 Å². The van der Waals surface area contributed by atoms with Gasteiger partial charge in [-0.3, -0.25) is 9.69 Å². The van der Waals surface area contributed by atoms with Gasteiger partial charge in [0.2, 0.25) is 0 Å². The van der Waals surface area contributed by atoms with Crippen molar-refractivity contribution in [2.75, 3.05) is 32.9 Å². The Morgan fingerprint density at radius 3 is 2.72 bits per heavy atom. The molecule has 142 valence electrons. The number of halogens is 2. The summed E-state index contributed by atoms with van der Waals surface area (Å²) in [7, 11) is 2.10. The number of hydrogen-bond acceptors (Lipinski definition) is 5. The number of thioether (sulfide) groups is 1. The molecule has 2 aliphatic rings. The van der Waals surface area contributed by atoms with E-state index < -0.39 is 0 Å². The maximum Gasteiger partial charge on any atom is 0.312 e. The molecular formula is C18H28Cl2N2O2S. The molecule has 0 radical (unpaired) electrons. The highest BCUT2D eigenvalue weighted by Crippen LogP contribution is 2.41. The zero-order chi connectivity index (χ0) is 16.3. The van der Waals surface area contributed by atoms with Gasteiger partial charge in [0.25, 0.3) is 0 Å². The van der Waals surface area contributed by atoms with Crippen molar-refractivity contribution in [2.24, 2.45) is 5.41 Å². The van der Waals surface area contributed by atoms with E-state index in [-0.39, 0.29) is 42.3 Å². The summed E-state index contributed by atoms with van der Waals surface area (Å²) in [6.45, 7) is 3.56. The number of carbonyl (C=O) groups excluding carboxylic acids is 1. The number of carbonyl (C=O) groups is 1. The van der Waals surface area contributed by atoms with Crippen molar-refractivity contribution in [3.63, 3.8) is 0 Å². The molecule has 3 rings (SSSR count). The lowest BCUT2D eigenvalue weighted by atomic mass is 9.76. The van der Waals surface area contributed by atoms with Crippen LogP contribution in [0.4, 0.5) is 0 Å². The van der Waals surface area contributed by atoms with E-state index in [0.717, 1.165) is 45.4 Å². The molecule has 0 saturated carbocycles. The molecule has 0 amide bonds. The molecule has 4 nitrogen and oxygen atoms in total. The van der Waals surface area contributed by atoms with Crippen LogP contribution in [-0.4, -0.2) is 49.9 Å². The van der Waals surface area contributed by atoms with Crippen LogP contribution in [0.25, 0.3) is 0 Å². The van der Waals surface area contributed by atoms with Gasteiger partial charge in [-0.2, -0.15) is 0 Å². The predicted octanol–water partition coefficient (Wildman–Crippen LogP) is 3.37. The molecule has 1 unspecified atom stereocenters. The zero-order valence-electron chi connectivity index (χ0n) is 14.8. The van der Waals surface area contributed by atoms with Gasteiger partial charge in [-0.1, -0.05) is 12.1 Å². The highest BCUT2D eigenvalue weighted by Gasteiger charge is 2.49. The Hall–Kier alpha value is -0.460. The number of rotatable bonds is 5. The Balaban J connectivity index is 0.00000156. The summed E-state index contributed by atoms with van der Waals surface area (Å²) >= 11 is 1.76. The number of cyclic esters (lactones) is 1. The number of nitrogens with zero attached hydrogens (tertiary/aromatic N) is 1. The first-order chi connectivity index (χ1) is 11.1. The molecule has 2 heterocycles. The third-order valence-electron chi connectivity index (χ3n) is 4.99. The van der Waals surface area contributed by atoms with E-state index >= 15 is 0 Å². The Kier molecular flexibility index (Phi) is 9.05. The number of piperidine rings is 1. The summed E-state index contributed by atoms with van der Waals surface area (Å²) in [5.74, 6) is 0.0294. The van der Waals surface area contributed by atoms with Gasteiger partial charge in [0.15, 0.2) is 0 Å². The third kappa shape index (κ3) is 5.51. The first kappa shape index (κ1) is 22.6. The molecule has 25 heavy (non-hydrogen) atoms. The Labute approximate surface area is 167 Å². The van der Waals surface area contributed by atoms with Crippen LogP contribution in [0.1, 0.15) is 24.8 Å². The number of hydrogen-bond donors (Lipinski definition) is 1. The Morgan fingerprint density at radius 1 is 1.32 bits per heavy atom. The minimum atomic E-state index is -0.213. The van der Waals surface area contributed by atoms with Crippen LogP contribution < -0.4 is 5.32 Å². The van der Waals surface area contributed by atoms with Crippen LogP contribution in [0.3, 0.4) is 0 Å². The van der Waals surface area contributed by atoms with Crippen LogP contribution in [-0.2, 0) is 16.1 Å². The number of esters is 1. The second-order valence-electron chi connectivity index (χ2n) is 6.81. The molecule has 1 aromatic rings. The van der Waals surface area contributed by atoms with Crippen molar-refractivity contribution >= 4 is 42.5 Å². The minimum absolute atomic E-state index is 0. The quantitative estimate of drug-likeness (QED) is 0.599. The van der Waals surface area contributed by atoms with Crippen molar-refractivity contribution in [3.8, 4) is 0 Å². The molecule has 2 saturated heterocycles. The van der Waals surface area contributed by atoms with Gasteiger partial charge in [0.05, 0.1) is 5.41 Å². The second-order valence-corrected chi connectivity index (χ2v) is 7.69. The average molecular weight is 407 g/mol. The molecule has 1 N–H and O–H groups in total. The smallest absolute Gasteiger partial charge is 0.312 e. The van der Waals surface area contributed by atoms with Crippen LogP contribution in [0, 0.1) is 5.41 Å². The molecule has 1 spiro atoms. The molecule has 0 aliphatic carbocycles. The summed E-state index contributed by atoms with van der Waals surface area (Å²) in [6.07, 6.45) is 4.85. The maximum absolute atomic E-state index is 12.3. The molecular weight excluding hydrogens is 379 g/mol. The summed E-state index contributed by atoms with van der Waals surface area (Å²) in [4.78, 5) is 15.9. The van der Waals surface area contributed by atoms with Crippen LogP contribution in [0.5, 0.6) is 0 Å². The van der Waals surface area contributed by atoms with Gasteiger partial charge >= 0.3 is 5.97 Å². The first-order valence-corrected chi connectivity index (χ1v) is 9.57. The number of ether oxygens (including phenoxy) is 1. The van der Waals surface area contributed by atoms with Crippen LogP contribution >= 0.6 is 36.6 Å². The van der Waals surface area contributed by atoms with Crippen LogP contribution in [0.15, 0.2) is 29.2 Å². The first-order valence-electron chi connectivity index (χ1n) is 8.35. The van der Waals surface area contributed by atoms with Gasteiger partial charge in [0, 0.05) is 24.4 Å². The minimum Gasteiger partial charge on any atom is -0.461 e. The predicted molar refractivity (Wildman–Crippen MR) is 108 cm³/mol. The van der Waals surface area contributed by atoms with E-state index in [1.54, 1.807) is 11.8 Å². The fourth-order valence-corrected chi connectivity index (χ4v) is 4.23. The van der Waals surface area contributed by atoms with Crippen molar-refractivity contribution in [3.05, 3.63) is 29.8 Å². The topological polar surface area (TPSA) is 41.6 Å². The van der Waals surface area contributed by atoms with Gasteiger partial charge in [-0.15, -0.1) is 36.6 Å². The highest BCUT2D eigenvalue weighted by atomic mass is 35.5. The number of likely N-dealkylation sites (N-methyl/N-ethyl adjacent to an activating group) is 1. The van der Waals surface area contributed by atoms with Crippen molar-refractivity contribution in [2.45, 2.75) is 36.8 Å². The Bertz CT molecular complexity index is 568. The summed E-state index contributed by atoms with van der Waals surface area (Å²) < 4.78 is 5.70. The lowest BCUT2D eigenvalue weighted by Crippen LogP contribution is -2.39. The van der Waals surface area contributed by atoms with E-state index in [1.165, 1.54) is 10.5 Å². The standard InChI is InChI=1S/C18H26N2O2S.2ClH/c1-20(12-14-4-3-5-16(10-14)23-2)13-15-11-18(17(21)22-15)6-8-19-9-7-18;;/h3-5,10,15,19H,6-9,11-13H2,1-2H3;2*1H. The molecule has 1 atom stereocenters. The van der Waals surface area contributed by atoms with Gasteiger partial charge in [-0.25, -0.2) is 0 Å². The summed E-state index contributed by atoms with van der Waals surface area (Å²) in [6, 6.07) is 8.63.